The first-order valence-corrected chi connectivity index (χ1v) is 9.51. The van der Waals surface area contributed by atoms with E-state index in [-0.39, 0.29) is 17.4 Å². The van der Waals surface area contributed by atoms with Gasteiger partial charge in [-0.3, -0.25) is 20.4 Å². The van der Waals surface area contributed by atoms with Crippen LogP contribution in [-0.2, 0) is 16.0 Å². The van der Waals surface area contributed by atoms with E-state index < -0.39 is 12.0 Å². The topological polar surface area (TPSA) is 79.5 Å². The van der Waals surface area contributed by atoms with E-state index >= 15 is 0 Å². The lowest BCUT2D eigenvalue weighted by Crippen LogP contribution is -2.51. The molecule has 3 aromatic carbocycles. The molecule has 29 heavy (non-hydrogen) atoms. The molecule has 0 saturated heterocycles. The third-order valence-electron chi connectivity index (χ3n) is 4.16. The maximum atomic E-state index is 12.2. The summed E-state index contributed by atoms with van der Waals surface area (Å²) in [5.74, 6) is -0.105. The highest BCUT2D eigenvalue weighted by atomic mass is 32.1. The van der Waals surface area contributed by atoms with Crippen molar-refractivity contribution in [2.24, 2.45) is 0 Å². The van der Waals surface area contributed by atoms with Crippen molar-refractivity contribution in [1.82, 2.24) is 16.2 Å². The zero-order valence-electron chi connectivity index (χ0n) is 15.8. The fraction of sp³-hybridized carbons (Fsp3) is 0.136. The normalized spacial score (nSPS) is 11.3. The van der Waals surface area contributed by atoms with Gasteiger partial charge >= 0.3 is 0 Å². The monoisotopic (exact) mass is 407 g/mol. The van der Waals surface area contributed by atoms with Crippen LogP contribution in [0.15, 0.2) is 72.8 Å². The van der Waals surface area contributed by atoms with Gasteiger partial charge in [0.1, 0.15) is 5.75 Å². The van der Waals surface area contributed by atoms with Crippen molar-refractivity contribution >= 4 is 39.9 Å². The first-order valence-electron chi connectivity index (χ1n) is 9.10. The molecule has 0 saturated carbocycles. The zero-order chi connectivity index (χ0) is 20.6. The Hall–Kier alpha value is -3.45. The summed E-state index contributed by atoms with van der Waals surface area (Å²) < 4.78 is 5.69. The lowest BCUT2D eigenvalue weighted by atomic mass is 10.1. The summed E-state index contributed by atoms with van der Waals surface area (Å²) in [4.78, 5) is 24.2. The highest BCUT2D eigenvalue weighted by Crippen LogP contribution is 2.21. The smallest absolute Gasteiger partial charge is 0.279 e. The summed E-state index contributed by atoms with van der Waals surface area (Å²) in [6.45, 7) is 1.63. The fourth-order valence-electron chi connectivity index (χ4n) is 2.70. The number of fused-ring (bicyclic) bond motifs is 1. The molecule has 0 spiro atoms. The van der Waals surface area contributed by atoms with Gasteiger partial charge in [-0.1, -0.05) is 60.7 Å². The van der Waals surface area contributed by atoms with Gasteiger partial charge < -0.3 is 10.1 Å². The molecule has 3 rings (SSSR count). The Kier molecular flexibility index (Phi) is 6.76. The van der Waals surface area contributed by atoms with E-state index in [0.29, 0.717) is 5.75 Å². The summed E-state index contributed by atoms with van der Waals surface area (Å²) in [5, 5.41) is 4.65. The number of rotatable bonds is 5. The summed E-state index contributed by atoms with van der Waals surface area (Å²) in [7, 11) is 0. The predicted octanol–water partition coefficient (Wildman–Crippen LogP) is 2.87. The van der Waals surface area contributed by atoms with Gasteiger partial charge in [0, 0.05) is 0 Å². The van der Waals surface area contributed by atoms with Gasteiger partial charge in [0.05, 0.1) is 6.42 Å². The van der Waals surface area contributed by atoms with Crippen LogP contribution in [0.3, 0.4) is 0 Å². The van der Waals surface area contributed by atoms with Crippen molar-refractivity contribution in [2.75, 3.05) is 0 Å². The standard InChI is InChI=1S/C22H21N3O3S/c1-15(28-19-12-11-17-9-5-6-10-18(17)14-19)21(27)24-25-22(29)23-20(26)13-16-7-3-2-4-8-16/h2-12,14-15H,13H2,1H3,(H,24,27)(H2,23,25,26,29)/t15-/m0/s1. The first-order chi connectivity index (χ1) is 14.0. The molecule has 0 heterocycles. The second kappa shape index (κ2) is 9.66. The Morgan fingerprint density at radius 2 is 1.62 bits per heavy atom. The Morgan fingerprint density at radius 1 is 0.931 bits per heavy atom. The van der Waals surface area contributed by atoms with Gasteiger partial charge in [0.25, 0.3) is 5.91 Å². The number of hydrazine groups is 1. The number of carbonyl (C=O) groups is 2. The first kappa shape index (κ1) is 20.3. The molecular weight excluding hydrogens is 386 g/mol. The molecule has 0 aliphatic carbocycles. The van der Waals surface area contributed by atoms with E-state index in [9.17, 15) is 9.59 Å². The minimum absolute atomic E-state index is 0.0113. The minimum Gasteiger partial charge on any atom is -0.481 e. The van der Waals surface area contributed by atoms with E-state index in [1.54, 1.807) is 6.92 Å². The lowest BCUT2D eigenvalue weighted by molar-refractivity contribution is -0.128. The van der Waals surface area contributed by atoms with Crippen molar-refractivity contribution in [2.45, 2.75) is 19.4 Å². The van der Waals surface area contributed by atoms with Crippen LogP contribution < -0.4 is 20.9 Å². The van der Waals surface area contributed by atoms with Crippen LogP contribution >= 0.6 is 12.2 Å². The number of benzene rings is 3. The highest BCUT2D eigenvalue weighted by Gasteiger charge is 2.15. The second-order valence-corrected chi connectivity index (χ2v) is 6.83. The SMILES string of the molecule is C[C@H](Oc1ccc2ccccc2c1)C(=O)NNC(=S)NC(=O)Cc1ccccc1. The molecule has 1 atom stereocenters. The summed E-state index contributed by atoms with van der Waals surface area (Å²) >= 11 is 5.04. The molecule has 0 aliphatic heterocycles. The van der Waals surface area contributed by atoms with Crippen molar-refractivity contribution in [3.63, 3.8) is 0 Å². The maximum Gasteiger partial charge on any atom is 0.279 e. The van der Waals surface area contributed by atoms with Crippen LogP contribution in [0.1, 0.15) is 12.5 Å². The van der Waals surface area contributed by atoms with Crippen LogP contribution in [0, 0.1) is 0 Å². The molecule has 7 heteroatoms. The van der Waals surface area contributed by atoms with Gasteiger partial charge in [-0.15, -0.1) is 0 Å². The summed E-state index contributed by atoms with van der Waals surface area (Å²) in [6, 6.07) is 22.8. The number of hydrogen-bond acceptors (Lipinski definition) is 4. The van der Waals surface area contributed by atoms with Crippen LogP contribution in [0.5, 0.6) is 5.75 Å². The largest absolute Gasteiger partial charge is 0.481 e. The molecule has 0 unspecified atom stereocenters. The minimum atomic E-state index is -0.758. The van der Waals surface area contributed by atoms with Gasteiger partial charge in [-0.2, -0.15) is 0 Å². The molecule has 0 bridgehead atoms. The fourth-order valence-corrected chi connectivity index (χ4v) is 2.87. The average molecular weight is 407 g/mol. The van der Waals surface area contributed by atoms with Crippen LogP contribution in [0.2, 0.25) is 0 Å². The number of thiocarbonyl (C=S) groups is 1. The van der Waals surface area contributed by atoms with E-state index in [4.69, 9.17) is 17.0 Å². The molecular formula is C22H21N3O3S. The Morgan fingerprint density at radius 3 is 2.38 bits per heavy atom. The van der Waals surface area contributed by atoms with Gasteiger partial charge in [-0.05, 0) is 47.6 Å². The third-order valence-corrected chi connectivity index (χ3v) is 4.37. The maximum absolute atomic E-state index is 12.2. The van der Waals surface area contributed by atoms with Crippen molar-refractivity contribution < 1.29 is 14.3 Å². The van der Waals surface area contributed by atoms with E-state index in [2.05, 4.69) is 16.2 Å². The molecule has 0 aromatic heterocycles. The molecule has 3 aromatic rings. The average Bonchev–Trinajstić information content (AvgIpc) is 2.72. The molecule has 6 nitrogen and oxygen atoms in total. The summed E-state index contributed by atoms with van der Waals surface area (Å²) in [5.41, 5.74) is 5.82. The molecule has 148 valence electrons. The number of nitrogens with one attached hydrogen (secondary N) is 3. The molecule has 2 amide bonds. The van der Waals surface area contributed by atoms with E-state index in [1.165, 1.54) is 0 Å². The summed E-state index contributed by atoms with van der Waals surface area (Å²) in [6.07, 6.45) is -0.565. The number of amides is 2. The Bertz CT molecular complexity index is 1020. The molecule has 0 radical (unpaired) electrons. The predicted molar refractivity (Wildman–Crippen MR) is 116 cm³/mol. The van der Waals surface area contributed by atoms with Gasteiger partial charge in [0.2, 0.25) is 5.91 Å². The highest BCUT2D eigenvalue weighted by molar-refractivity contribution is 7.80. The van der Waals surface area contributed by atoms with Crippen molar-refractivity contribution in [1.29, 1.82) is 0 Å². The number of carbonyl (C=O) groups excluding carboxylic acids is 2. The molecule has 0 fully saturated rings. The second-order valence-electron chi connectivity index (χ2n) is 6.42. The van der Waals surface area contributed by atoms with Crippen molar-refractivity contribution in [3.05, 3.63) is 78.4 Å². The Balaban J connectivity index is 1.45. The molecule has 0 aliphatic rings. The van der Waals surface area contributed by atoms with Crippen LogP contribution in [-0.4, -0.2) is 23.0 Å². The quantitative estimate of drug-likeness (QED) is 0.448. The zero-order valence-corrected chi connectivity index (χ0v) is 16.7. The van der Waals surface area contributed by atoms with Crippen LogP contribution in [0.25, 0.3) is 10.8 Å². The molecule has 3 N–H and O–H groups in total. The van der Waals surface area contributed by atoms with Gasteiger partial charge in [0.15, 0.2) is 11.2 Å². The van der Waals surface area contributed by atoms with E-state index in [1.807, 2.05) is 72.8 Å². The van der Waals surface area contributed by atoms with Crippen LogP contribution in [0.4, 0.5) is 0 Å². The Labute approximate surface area is 174 Å². The van der Waals surface area contributed by atoms with Gasteiger partial charge in [-0.25, -0.2) is 0 Å². The lowest BCUT2D eigenvalue weighted by Gasteiger charge is -2.16. The van der Waals surface area contributed by atoms with E-state index in [0.717, 1.165) is 16.3 Å². The van der Waals surface area contributed by atoms with Crippen molar-refractivity contribution in [3.8, 4) is 5.75 Å². The number of ether oxygens (including phenoxy) is 1. The number of hydrogen-bond donors (Lipinski definition) is 3. The third kappa shape index (κ3) is 6.02.